The zero-order chi connectivity index (χ0) is 11.4. The number of rotatable bonds is 3. The number of carbonyl (C=O) groups is 1. The van der Waals surface area contributed by atoms with Gasteiger partial charge in [0, 0.05) is 6.08 Å². The van der Waals surface area contributed by atoms with E-state index in [-0.39, 0.29) is 11.6 Å². The molecule has 0 amide bonds. The highest BCUT2D eigenvalue weighted by Crippen LogP contribution is 2.45. The Morgan fingerprint density at radius 3 is 2.31 bits per heavy atom. The lowest BCUT2D eigenvalue weighted by Gasteiger charge is -2.39. The molecule has 0 aromatic rings. The zero-order valence-corrected chi connectivity index (χ0v) is 10.0. The number of esters is 1. The summed E-state index contributed by atoms with van der Waals surface area (Å²) in [5.74, 6) is 0.375. The Hall–Kier alpha value is -0.790. The lowest BCUT2D eigenvalue weighted by Crippen LogP contribution is -2.40. The molecule has 2 saturated carbocycles. The molecule has 0 spiro atoms. The minimum absolute atomic E-state index is 0.133. The second kappa shape index (κ2) is 5.03. The van der Waals surface area contributed by atoms with E-state index in [0.717, 1.165) is 12.8 Å². The predicted molar refractivity (Wildman–Crippen MR) is 64.1 cm³/mol. The van der Waals surface area contributed by atoms with Gasteiger partial charge >= 0.3 is 5.97 Å². The molecule has 0 bridgehead atoms. The molecule has 0 aliphatic heterocycles. The van der Waals surface area contributed by atoms with E-state index < -0.39 is 0 Å². The topological polar surface area (TPSA) is 26.3 Å². The first-order valence-corrected chi connectivity index (χ1v) is 6.62. The predicted octanol–water partition coefficient (Wildman–Crippen LogP) is 3.61. The third kappa shape index (κ3) is 2.31. The molecular weight excluding hydrogens is 200 g/mol. The molecule has 2 aliphatic carbocycles. The van der Waals surface area contributed by atoms with Gasteiger partial charge in [-0.3, -0.25) is 0 Å². The van der Waals surface area contributed by atoms with E-state index in [1.807, 2.05) is 0 Å². The Morgan fingerprint density at radius 2 is 1.75 bits per heavy atom. The van der Waals surface area contributed by atoms with Crippen LogP contribution in [-0.4, -0.2) is 11.6 Å². The van der Waals surface area contributed by atoms with E-state index in [0.29, 0.717) is 5.92 Å². The second-order valence-corrected chi connectivity index (χ2v) is 5.23. The van der Waals surface area contributed by atoms with Gasteiger partial charge in [-0.25, -0.2) is 4.79 Å². The van der Waals surface area contributed by atoms with Crippen molar-refractivity contribution in [1.82, 2.24) is 0 Å². The third-order valence-electron chi connectivity index (χ3n) is 4.27. The second-order valence-electron chi connectivity index (χ2n) is 5.23. The van der Waals surface area contributed by atoms with Gasteiger partial charge in [0.05, 0.1) is 0 Å². The SMILES string of the molecule is C=CC(=O)OC1(C2CCCCC2)CCCC1. The van der Waals surface area contributed by atoms with Crippen molar-refractivity contribution in [2.45, 2.75) is 63.4 Å². The molecular formula is C14H22O2. The molecule has 90 valence electrons. The summed E-state index contributed by atoms with van der Waals surface area (Å²) in [5, 5.41) is 0. The molecule has 0 unspecified atom stereocenters. The highest BCUT2D eigenvalue weighted by molar-refractivity contribution is 5.81. The molecule has 2 aliphatic rings. The molecule has 0 aromatic carbocycles. The van der Waals surface area contributed by atoms with Crippen LogP contribution in [0.25, 0.3) is 0 Å². The molecule has 0 saturated heterocycles. The number of hydrogen-bond acceptors (Lipinski definition) is 2. The van der Waals surface area contributed by atoms with Crippen molar-refractivity contribution in [3.05, 3.63) is 12.7 Å². The molecule has 2 fully saturated rings. The summed E-state index contributed by atoms with van der Waals surface area (Å²) in [6, 6.07) is 0. The van der Waals surface area contributed by atoms with Gasteiger partial charge in [-0.15, -0.1) is 0 Å². The summed E-state index contributed by atoms with van der Waals surface area (Å²) in [6.07, 6.45) is 12.3. The highest BCUT2D eigenvalue weighted by atomic mass is 16.6. The van der Waals surface area contributed by atoms with Crippen molar-refractivity contribution < 1.29 is 9.53 Å². The Labute approximate surface area is 98.1 Å². The van der Waals surface area contributed by atoms with E-state index in [1.54, 1.807) is 0 Å². The first-order chi connectivity index (χ1) is 7.77. The van der Waals surface area contributed by atoms with E-state index in [9.17, 15) is 4.79 Å². The summed E-state index contributed by atoms with van der Waals surface area (Å²) in [6.45, 7) is 3.50. The quantitative estimate of drug-likeness (QED) is 0.538. The van der Waals surface area contributed by atoms with Crippen LogP contribution in [0.15, 0.2) is 12.7 Å². The summed E-state index contributed by atoms with van der Waals surface area (Å²) in [7, 11) is 0. The minimum Gasteiger partial charge on any atom is -0.456 e. The van der Waals surface area contributed by atoms with E-state index in [2.05, 4.69) is 6.58 Å². The molecule has 0 radical (unpaired) electrons. The number of ether oxygens (including phenoxy) is 1. The van der Waals surface area contributed by atoms with Crippen molar-refractivity contribution >= 4 is 5.97 Å². The van der Waals surface area contributed by atoms with Crippen LogP contribution < -0.4 is 0 Å². The molecule has 0 aromatic heterocycles. The average Bonchev–Trinajstić information content (AvgIpc) is 2.80. The lowest BCUT2D eigenvalue weighted by atomic mass is 9.76. The van der Waals surface area contributed by atoms with Gasteiger partial charge in [-0.1, -0.05) is 25.8 Å². The van der Waals surface area contributed by atoms with Crippen molar-refractivity contribution in [2.24, 2.45) is 5.92 Å². The monoisotopic (exact) mass is 222 g/mol. The zero-order valence-electron chi connectivity index (χ0n) is 10.0. The van der Waals surface area contributed by atoms with Crippen LogP contribution in [0.3, 0.4) is 0 Å². The van der Waals surface area contributed by atoms with Crippen LogP contribution in [-0.2, 0) is 9.53 Å². The standard InChI is InChI=1S/C14H22O2/c1-2-13(15)16-14(10-6-7-11-14)12-8-4-3-5-9-12/h2,12H,1,3-11H2. The van der Waals surface area contributed by atoms with Gasteiger partial charge in [-0.05, 0) is 44.4 Å². The first-order valence-electron chi connectivity index (χ1n) is 6.62. The minimum atomic E-state index is -0.229. The van der Waals surface area contributed by atoms with E-state index in [4.69, 9.17) is 4.74 Å². The van der Waals surface area contributed by atoms with Crippen LogP contribution in [0.5, 0.6) is 0 Å². The van der Waals surface area contributed by atoms with Gasteiger partial charge in [0.2, 0.25) is 0 Å². The van der Waals surface area contributed by atoms with Crippen LogP contribution in [0.4, 0.5) is 0 Å². The maximum absolute atomic E-state index is 11.5. The van der Waals surface area contributed by atoms with Crippen LogP contribution in [0, 0.1) is 5.92 Å². The molecule has 0 N–H and O–H groups in total. The lowest BCUT2D eigenvalue weighted by molar-refractivity contribution is -0.161. The molecule has 2 nitrogen and oxygen atoms in total. The van der Waals surface area contributed by atoms with E-state index >= 15 is 0 Å². The van der Waals surface area contributed by atoms with Crippen LogP contribution in [0.2, 0.25) is 0 Å². The third-order valence-corrected chi connectivity index (χ3v) is 4.27. The Bertz CT molecular complexity index is 258. The fourth-order valence-electron chi connectivity index (χ4n) is 3.44. The van der Waals surface area contributed by atoms with Gasteiger partial charge in [0.25, 0.3) is 0 Å². The van der Waals surface area contributed by atoms with Gasteiger partial charge in [-0.2, -0.15) is 0 Å². The highest BCUT2D eigenvalue weighted by Gasteiger charge is 2.44. The van der Waals surface area contributed by atoms with Crippen molar-refractivity contribution in [2.75, 3.05) is 0 Å². The Morgan fingerprint density at radius 1 is 1.12 bits per heavy atom. The molecule has 0 heterocycles. The van der Waals surface area contributed by atoms with Crippen LogP contribution in [0.1, 0.15) is 57.8 Å². The molecule has 2 heteroatoms. The van der Waals surface area contributed by atoms with Gasteiger partial charge in [0.1, 0.15) is 5.60 Å². The summed E-state index contributed by atoms with van der Waals surface area (Å²) < 4.78 is 5.73. The normalized spacial score (nSPS) is 25.2. The summed E-state index contributed by atoms with van der Waals surface area (Å²) in [5.41, 5.74) is -0.133. The Kier molecular flexibility index (Phi) is 3.67. The van der Waals surface area contributed by atoms with Crippen molar-refractivity contribution in [3.63, 3.8) is 0 Å². The van der Waals surface area contributed by atoms with Gasteiger partial charge < -0.3 is 4.74 Å². The Balaban J connectivity index is 2.07. The van der Waals surface area contributed by atoms with Crippen LogP contribution >= 0.6 is 0 Å². The number of hydrogen-bond donors (Lipinski definition) is 0. The van der Waals surface area contributed by atoms with Crippen molar-refractivity contribution in [1.29, 1.82) is 0 Å². The van der Waals surface area contributed by atoms with Gasteiger partial charge in [0.15, 0.2) is 0 Å². The smallest absolute Gasteiger partial charge is 0.330 e. The average molecular weight is 222 g/mol. The largest absolute Gasteiger partial charge is 0.456 e. The summed E-state index contributed by atoms with van der Waals surface area (Å²) in [4.78, 5) is 11.5. The molecule has 0 atom stereocenters. The van der Waals surface area contributed by atoms with Crippen molar-refractivity contribution in [3.8, 4) is 0 Å². The first kappa shape index (κ1) is 11.7. The van der Waals surface area contributed by atoms with E-state index in [1.165, 1.54) is 51.0 Å². The maximum atomic E-state index is 11.5. The maximum Gasteiger partial charge on any atom is 0.330 e. The fraction of sp³-hybridized carbons (Fsp3) is 0.786. The fourth-order valence-corrected chi connectivity index (χ4v) is 3.44. The molecule has 16 heavy (non-hydrogen) atoms. The molecule has 2 rings (SSSR count). The summed E-state index contributed by atoms with van der Waals surface area (Å²) >= 11 is 0. The number of carbonyl (C=O) groups excluding carboxylic acids is 1.